The second-order valence-electron chi connectivity index (χ2n) is 2.95. The third-order valence-corrected chi connectivity index (χ3v) is 1.94. The molecule has 0 amide bonds. The van der Waals surface area contributed by atoms with Gasteiger partial charge in [-0.25, -0.2) is 0 Å². The molecule has 0 bridgehead atoms. The zero-order chi connectivity index (χ0) is 10.6. The molecule has 14 heavy (non-hydrogen) atoms. The molecule has 0 radical (unpaired) electrons. The summed E-state index contributed by atoms with van der Waals surface area (Å²) in [5, 5.41) is 8.59. The summed E-state index contributed by atoms with van der Waals surface area (Å²) >= 11 is 0. The summed E-state index contributed by atoms with van der Waals surface area (Å²) in [4.78, 5) is 11.6. The highest BCUT2D eigenvalue weighted by Gasteiger charge is 2.14. The lowest BCUT2D eigenvalue weighted by Crippen LogP contribution is -2.08. The van der Waals surface area contributed by atoms with Gasteiger partial charge in [0.25, 0.3) is 0 Å². The first-order valence-corrected chi connectivity index (χ1v) is 4.27. The normalized spacial score (nSPS) is 11.5. The molecule has 0 fully saturated rings. The van der Waals surface area contributed by atoms with Crippen LogP contribution in [0.25, 0.3) is 0 Å². The Bertz CT molecular complexity index is 379. The zero-order valence-corrected chi connectivity index (χ0v) is 8.15. The molecule has 3 heteroatoms. The van der Waals surface area contributed by atoms with Crippen molar-refractivity contribution in [1.29, 1.82) is 5.26 Å². The second kappa shape index (κ2) is 4.43. The van der Waals surface area contributed by atoms with Crippen molar-refractivity contribution >= 4 is 5.78 Å². The molecule has 0 aliphatic rings. The van der Waals surface area contributed by atoms with E-state index < -0.39 is 5.92 Å². The summed E-state index contributed by atoms with van der Waals surface area (Å²) in [5.41, 5.74) is 0.512. The summed E-state index contributed by atoms with van der Waals surface area (Å²) in [6, 6.07) is 8.71. The quantitative estimate of drug-likeness (QED) is 0.683. The van der Waals surface area contributed by atoms with Gasteiger partial charge in [0.05, 0.1) is 13.2 Å². The molecule has 1 unspecified atom stereocenters. The number of nitrogens with zero attached hydrogens (tertiary/aromatic N) is 1. The minimum atomic E-state index is -0.609. The number of Topliss-reactive ketones (excluding diaryl/α,β-unsaturated/α-hetero) is 1. The van der Waals surface area contributed by atoms with Crippen LogP contribution in [0.3, 0.4) is 0 Å². The van der Waals surface area contributed by atoms with Gasteiger partial charge in [0, 0.05) is 5.56 Å². The van der Waals surface area contributed by atoms with Crippen LogP contribution in [0.4, 0.5) is 0 Å². The fourth-order valence-corrected chi connectivity index (χ4v) is 1.08. The van der Waals surface area contributed by atoms with E-state index >= 15 is 0 Å². The van der Waals surface area contributed by atoms with Crippen molar-refractivity contribution in [2.45, 2.75) is 6.92 Å². The van der Waals surface area contributed by atoms with E-state index in [1.54, 1.807) is 31.2 Å². The molecular formula is C11H11NO2. The number of hydrogen-bond donors (Lipinski definition) is 0. The van der Waals surface area contributed by atoms with Crippen LogP contribution in [0.2, 0.25) is 0 Å². The summed E-state index contributed by atoms with van der Waals surface area (Å²) < 4.78 is 4.98. The number of carbonyl (C=O) groups is 1. The number of methoxy groups -OCH3 is 1. The van der Waals surface area contributed by atoms with Crippen LogP contribution in [0.15, 0.2) is 24.3 Å². The van der Waals surface area contributed by atoms with Crippen LogP contribution in [0.5, 0.6) is 5.75 Å². The van der Waals surface area contributed by atoms with Crippen molar-refractivity contribution in [3.05, 3.63) is 29.8 Å². The van der Waals surface area contributed by atoms with Gasteiger partial charge in [-0.05, 0) is 19.1 Å². The Morgan fingerprint density at radius 2 is 2.29 bits per heavy atom. The van der Waals surface area contributed by atoms with Gasteiger partial charge in [-0.1, -0.05) is 12.1 Å². The number of rotatable bonds is 3. The van der Waals surface area contributed by atoms with Crippen molar-refractivity contribution in [1.82, 2.24) is 0 Å². The van der Waals surface area contributed by atoms with Crippen LogP contribution < -0.4 is 4.74 Å². The minimum absolute atomic E-state index is 0.175. The first kappa shape index (κ1) is 10.3. The van der Waals surface area contributed by atoms with Gasteiger partial charge in [0.2, 0.25) is 0 Å². The summed E-state index contributed by atoms with van der Waals surface area (Å²) in [6.45, 7) is 1.59. The van der Waals surface area contributed by atoms with E-state index in [2.05, 4.69) is 0 Å². The van der Waals surface area contributed by atoms with Crippen LogP contribution >= 0.6 is 0 Å². The highest BCUT2D eigenvalue weighted by atomic mass is 16.5. The fraction of sp³-hybridized carbons (Fsp3) is 0.273. The van der Waals surface area contributed by atoms with Crippen molar-refractivity contribution in [3.63, 3.8) is 0 Å². The van der Waals surface area contributed by atoms with Gasteiger partial charge in [-0.3, -0.25) is 4.79 Å². The van der Waals surface area contributed by atoms with Crippen LogP contribution in [-0.4, -0.2) is 12.9 Å². The second-order valence-corrected chi connectivity index (χ2v) is 2.95. The van der Waals surface area contributed by atoms with Crippen molar-refractivity contribution in [2.75, 3.05) is 7.11 Å². The molecule has 0 saturated heterocycles. The third kappa shape index (κ3) is 2.11. The molecule has 1 aromatic rings. The van der Waals surface area contributed by atoms with Gasteiger partial charge < -0.3 is 4.74 Å². The Morgan fingerprint density at radius 3 is 2.86 bits per heavy atom. The van der Waals surface area contributed by atoms with Crippen LogP contribution in [-0.2, 0) is 0 Å². The molecule has 0 spiro atoms. The molecular weight excluding hydrogens is 178 g/mol. The molecule has 0 saturated carbocycles. The lowest BCUT2D eigenvalue weighted by Gasteiger charge is -2.04. The number of nitriles is 1. The topological polar surface area (TPSA) is 50.1 Å². The summed E-state index contributed by atoms with van der Waals surface area (Å²) in [5.74, 6) is -0.158. The predicted octanol–water partition coefficient (Wildman–Crippen LogP) is 2.04. The molecule has 72 valence electrons. The lowest BCUT2D eigenvalue weighted by atomic mass is 10.0. The Balaban J connectivity index is 2.97. The number of benzene rings is 1. The van der Waals surface area contributed by atoms with E-state index in [9.17, 15) is 4.79 Å². The Hall–Kier alpha value is -1.82. The molecule has 1 atom stereocenters. The molecule has 1 rings (SSSR count). The van der Waals surface area contributed by atoms with Crippen LogP contribution in [0, 0.1) is 17.2 Å². The number of ether oxygens (including phenoxy) is 1. The SMILES string of the molecule is COc1cccc(C(=O)C(C)C#N)c1. The molecule has 0 aliphatic carbocycles. The summed E-state index contributed by atoms with van der Waals surface area (Å²) in [7, 11) is 1.54. The third-order valence-electron chi connectivity index (χ3n) is 1.94. The largest absolute Gasteiger partial charge is 0.497 e. The van der Waals surface area contributed by atoms with Gasteiger partial charge in [0.15, 0.2) is 5.78 Å². The Labute approximate surface area is 82.9 Å². The van der Waals surface area contributed by atoms with E-state index in [-0.39, 0.29) is 5.78 Å². The maximum atomic E-state index is 11.6. The molecule has 3 nitrogen and oxygen atoms in total. The number of ketones is 1. The fourth-order valence-electron chi connectivity index (χ4n) is 1.08. The monoisotopic (exact) mass is 189 g/mol. The van der Waals surface area contributed by atoms with Crippen molar-refractivity contribution in [3.8, 4) is 11.8 Å². The smallest absolute Gasteiger partial charge is 0.179 e. The Kier molecular flexibility index (Phi) is 3.24. The average Bonchev–Trinajstić information content (AvgIpc) is 2.27. The maximum Gasteiger partial charge on any atom is 0.179 e. The summed E-state index contributed by atoms with van der Waals surface area (Å²) in [6.07, 6.45) is 0. The highest BCUT2D eigenvalue weighted by molar-refractivity contribution is 5.99. The van der Waals surface area contributed by atoms with Gasteiger partial charge in [0.1, 0.15) is 11.7 Å². The van der Waals surface area contributed by atoms with Crippen LogP contribution in [0.1, 0.15) is 17.3 Å². The molecule has 0 aliphatic heterocycles. The minimum Gasteiger partial charge on any atom is -0.497 e. The molecule has 0 N–H and O–H groups in total. The first-order chi connectivity index (χ1) is 6.69. The van der Waals surface area contributed by atoms with E-state index in [4.69, 9.17) is 10.00 Å². The van der Waals surface area contributed by atoms with E-state index in [1.807, 2.05) is 6.07 Å². The zero-order valence-electron chi connectivity index (χ0n) is 8.15. The highest BCUT2D eigenvalue weighted by Crippen LogP contribution is 2.15. The first-order valence-electron chi connectivity index (χ1n) is 4.27. The van der Waals surface area contributed by atoms with E-state index in [0.29, 0.717) is 11.3 Å². The van der Waals surface area contributed by atoms with Gasteiger partial charge in [-0.2, -0.15) is 5.26 Å². The molecule has 0 aromatic heterocycles. The molecule has 0 heterocycles. The number of hydrogen-bond acceptors (Lipinski definition) is 3. The van der Waals surface area contributed by atoms with E-state index in [1.165, 1.54) is 7.11 Å². The predicted molar refractivity (Wildman–Crippen MR) is 52.1 cm³/mol. The van der Waals surface area contributed by atoms with Gasteiger partial charge in [-0.15, -0.1) is 0 Å². The van der Waals surface area contributed by atoms with E-state index in [0.717, 1.165) is 0 Å². The molecule has 1 aromatic carbocycles. The standard InChI is InChI=1S/C11H11NO2/c1-8(7-12)11(13)9-4-3-5-10(6-9)14-2/h3-6,8H,1-2H3. The lowest BCUT2D eigenvalue weighted by molar-refractivity contribution is 0.0956. The Morgan fingerprint density at radius 1 is 1.57 bits per heavy atom. The van der Waals surface area contributed by atoms with Gasteiger partial charge >= 0.3 is 0 Å². The van der Waals surface area contributed by atoms with Crippen molar-refractivity contribution in [2.24, 2.45) is 5.92 Å². The van der Waals surface area contributed by atoms with Crippen molar-refractivity contribution < 1.29 is 9.53 Å². The average molecular weight is 189 g/mol. The maximum absolute atomic E-state index is 11.6. The number of carbonyl (C=O) groups excluding carboxylic acids is 1.